The van der Waals surface area contributed by atoms with Gasteiger partial charge in [0.15, 0.2) is 0 Å². The monoisotopic (exact) mass is 288 g/mol. The number of halogens is 1. The molecule has 106 valence electrons. The molecule has 0 aliphatic rings. The van der Waals surface area contributed by atoms with E-state index in [0.29, 0.717) is 5.92 Å². The van der Waals surface area contributed by atoms with E-state index in [0.717, 1.165) is 24.4 Å². The first kappa shape index (κ1) is 15.0. The second-order valence-corrected chi connectivity index (χ2v) is 5.70. The lowest BCUT2D eigenvalue weighted by molar-refractivity contribution is 0.493. The van der Waals surface area contributed by atoms with Gasteiger partial charge in [0.25, 0.3) is 0 Å². The summed E-state index contributed by atoms with van der Waals surface area (Å²) in [6.45, 7) is 3.11. The fourth-order valence-corrected chi connectivity index (χ4v) is 2.75. The number of hydrogen-bond acceptors (Lipinski definition) is 2. The smallest absolute Gasteiger partial charge is 0.0621 e. The van der Waals surface area contributed by atoms with Crippen molar-refractivity contribution in [3.05, 3.63) is 64.4 Å². The number of aryl methyl sites for hydroxylation is 1. The summed E-state index contributed by atoms with van der Waals surface area (Å²) in [5.74, 6) is 0.529. The van der Waals surface area contributed by atoms with Crippen LogP contribution in [0.25, 0.3) is 0 Å². The molecule has 3 heteroatoms. The maximum Gasteiger partial charge on any atom is 0.0621 e. The van der Waals surface area contributed by atoms with Crippen LogP contribution in [0.15, 0.2) is 42.7 Å². The molecule has 1 unspecified atom stereocenters. The average Bonchev–Trinajstić information content (AvgIpc) is 2.42. The molecule has 1 N–H and O–H groups in total. The first-order valence-corrected chi connectivity index (χ1v) is 7.35. The molecule has 2 aromatic rings. The Morgan fingerprint density at radius 3 is 2.80 bits per heavy atom. The highest BCUT2D eigenvalue weighted by Gasteiger charge is 2.12. The molecule has 1 atom stereocenters. The summed E-state index contributed by atoms with van der Waals surface area (Å²) in [6.07, 6.45) is 5.56. The van der Waals surface area contributed by atoms with Crippen LogP contribution in [0.3, 0.4) is 0 Å². The number of aromatic nitrogens is 1. The van der Waals surface area contributed by atoms with Crippen molar-refractivity contribution < 1.29 is 0 Å². The Labute approximate surface area is 126 Å². The zero-order valence-electron chi connectivity index (χ0n) is 12.1. The van der Waals surface area contributed by atoms with Gasteiger partial charge in [0, 0.05) is 12.4 Å². The second kappa shape index (κ2) is 7.41. The van der Waals surface area contributed by atoms with E-state index in [1.54, 1.807) is 6.20 Å². The molecule has 2 nitrogen and oxygen atoms in total. The van der Waals surface area contributed by atoms with Crippen LogP contribution in [0.4, 0.5) is 0 Å². The van der Waals surface area contributed by atoms with Crippen LogP contribution >= 0.6 is 11.6 Å². The molecule has 0 fully saturated rings. The molecule has 1 aromatic heterocycles. The second-order valence-electron chi connectivity index (χ2n) is 5.29. The van der Waals surface area contributed by atoms with E-state index in [-0.39, 0.29) is 0 Å². The first-order valence-electron chi connectivity index (χ1n) is 6.97. The summed E-state index contributed by atoms with van der Waals surface area (Å²) in [4.78, 5) is 4.05. The van der Waals surface area contributed by atoms with E-state index in [1.165, 1.54) is 16.7 Å². The minimum absolute atomic E-state index is 0.529. The predicted octanol–water partition coefficient (Wildman–Crippen LogP) is 3.66. The highest BCUT2D eigenvalue weighted by molar-refractivity contribution is 6.31. The van der Waals surface area contributed by atoms with Crippen molar-refractivity contribution in [1.82, 2.24) is 10.3 Å². The summed E-state index contributed by atoms with van der Waals surface area (Å²) in [7, 11) is 2.00. The van der Waals surface area contributed by atoms with Crippen molar-refractivity contribution in [2.45, 2.75) is 19.8 Å². The van der Waals surface area contributed by atoms with Gasteiger partial charge < -0.3 is 5.32 Å². The Kier molecular flexibility index (Phi) is 5.57. The molecule has 20 heavy (non-hydrogen) atoms. The van der Waals surface area contributed by atoms with Crippen LogP contribution in [0.1, 0.15) is 16.7 Å². The summed E-state index contributed by atoms with van der Waals surface area (Å²) >= 11 is 6.21. The molecule has 2 rings (SSSR count). The molecule has 0 aliphatic carbocycles. The zero-order chi connectivity index (χ0) is 14.4. The van der Waals surface area contributed by atoms with Crippen LogP contribution in [-0.4, -0.2) is 18.6 Å². The number of nitrogens with one attached hydrogen (secondary N) is 1. The van der Waals surface area contributed by atoms with Gasteiger partial charge in [-0.1, -0.05) is 41.4 Å². The van der Waals surface area contributed by atoms with E-state index >= 15 is 0 Å². The molecule has 1 heterocycles. The maximum absolute atomic E-state index is 6.21. The lowest BCUT2D eigenvalue weighted by atomic mass is 9.92. The summed E-state index contributed by atoms with van der Waals surface area (Å²) < 4.78 is 0. The van der Waals surface area contributed by atoms with Gasteiger partial charge in [-0.15, -0.1) is 0 Å². The van der Waals surface area contributed by atoms with Crippen LogP contribution < -0.4 is 5.32 Å². The van der Waals surface area contributed by atoms with Gasteiger partial charge in [-0.3, -0.25) is 4.98 Å². The van der Waals surface area contributed by atoms with E-state index in [9.17, 15) is 0 Å². The van der Waals surface area contributed by atoms with Crippen molar-refractivity contribution in [2.24, 2.45) is 5.92 Å². The molecule has 0 amide bonds. The number of pyridine rings is 1. The quantitative estimate of drug-likeness (QED) is 0.877. The maximum atomic E-state index is 6.21. The molecule has 1 aromatic carbocycles. The minimum Gasteiger partial charge on any atom is -0.319 e. The van der Waals surface area contributed by atoms with Crippen molar-refractivity contribution >= 4 is 11.6 Å². The molecular formula is C17H21ClN2. The van der Waals surface area contributed by atoms with Gasteiger partial charge in [-0.2, -0.15) is 0 Å². The SMILES string of the molecule is CNCC(Cc1cccc(C)c1)Cc1ccncc1Cl. The zero-order valence-corrected chi connectivity index (χ0v) is 12.8. The third-order valence-corrected chi connectivity index (χ3v) is 3.81. The van der Waals surface area contributed by atoms with E-state index in [2.05, 4.69) is 41.5 Å². The Hall–Kier alpha value is -1.38. The van der Waals surface area contributed by atoms with Crippen molar-refractivity contribution in [3.8, 4) is 0 Å². The summed E-state index contributed by atoms with van der Waals surface area (Å²) in [5.41, 5.74) is 3.87. The van der Waals surface area contributed by atoms with Gasteiger partial charge in [0.1, 0.15) is 0 Å². The van der Waals surface area contributed by atoms with Crippen LogP contribution in [0, 0.1) is 12.8 Å². The number of benzene rings is 1. The molecule has 0 saturated heterocycles. The number of rotatable bonds is 6. The molecular weight excluding hydrogens is 268 g/mol. The van der Waals surface area contributed by atoms with Gasteiger partial charge in [-0.05, 0) is 56.5 Å². The van der Waals surface area contributed by atoms with Gasteiger partial charge in [0.2, 0.25) is 0 Å². The standard InChI is InChI=1S/C17H21ClN2/c1-13-4-3-5-14(8-13)9-15(11-19-2)10-16-6-7-20-12-17(16)18/h3-8,12,15,19H,9-11H2,1-2H3. The fraction of sp³-hybridized carbons (Fsp3) is 0.353. The summed E-state index contributed by atoms with van der Waals surface area (Å²) in [5, 5.41) is 4.05. The van der Waals surface area contributed by atoms with E-state index < -0.39 is 0 Å². The fourth-order valence-electron chi connectivity index (χ4n) is 2.56. The van der Waals surface area contributed by atoms with Gasteiger partial charge >= 0.3 is 0 Å². The van der Waals surface area contributed by atoms with E-state index in [1.807, 2.05) is 19.3 Å². The number of nitrogens with zero attached hydrogens (tertiary/aromatic N) is 1. The van der Waals surface area contributed by atoms with Crippen molar-refractivity contribution in [2.75, 3.05) is 13.6 Å². The predicted molar refractivity (Wildman–Crippen MR) is 85.3 cm³/mol. The van der Waals surface area contributed by atoms with Gasteiger partial charge in [-0.25, -0.2) is 0 Å². The lowest BCUT2D eigenvalue weighted by Crippen LogP contribution is -2.23. The van der Waals surface area contributed by atoms with Crippen molar-refractivity contribution in [1.29, 1.82) is 0 Å². The molecule has 0 bridgehead atoms. The highest BCUT2D eigenvalue weighted by Crippen LogP contribution is 2.20. The van der Waals surface area contributed by atoms with Crippen molar-refractivity contribution in [3.63, 3.8) is 0 Å². The molecule has 0 spiro atoms. The van der Waals surface area contributed by atoms with Crippen LogP contribution in [0.5, 0.6) is 0 Å². The number of hydrogen-bond donors (Lipinski definition) is 1. The third kappa shape index (κ3) is 4.32. The lowest BCUT2D eigenvalue weighted by Gasteiger charge is -2.17. The Bertz CT molecular complexity index is 554. The highest BCUT2D eigenvalue weighted by atomic mass is 35.5. The average molecular weight is 289 g/mol. The van der Waals surface area contributed by atoms with Gasteiger partial charge in [0.05, 0.1) is 5.02 Å². The molecule has 0 radical (unpaired) electrons. The molecule has 0 saturated carbocycles. The summed E-state index contributed by atoms with van der Waals surface area (Å²) in [6, 6.07) is 10.7. The Morgan fingerprint density at radius 2 is 2.10 bits per heavy atom. The van der Waals surface area contributed by atoms with Crippen LogP contribution in [-0.2, 0) is 12.8 Å². The normalized spacial score (nSPS) is 12.3. The Balaban J connectivity index is 2.09. The Morgan fingerprint density at radius 1 is 1.25 bits per heavy atom. The topological polar surface area (TPSA) is 24.9 Å². The largest absolute Gasteiger partial charge is 0.319 e. The minimum atomic E-state index is 0.529. The first-order chi connectivity index (χ1) is 9.69. The third-order valence-electron chi connectivity index (χ3n) is 3.46. The molecule has 0 aliphatic heterocycles. The van der Waals surface area contributed by atoms with E-state index in [4.69, 9.17) is 11.6 Å². The van der Waals surface area contributed by atoms with Crippen LogP contribution in [0.2, 0.25) is 5.02 Å².